The number of carbonyl (C=O) groups is 1. The molecule has 2 aliphatic rings. The molecule has 0 aliphatic heterocycles. The van der Waals surface area contributed by atoms with E-state index >= 15 is 0 Å². The molecule has 2 saturated carbocycles. The molecule has 2 nitrogen and oxygen atoms in total. The Hall–Kier alpha value is -2.34. The van der Waals surface area contributed by atoms with Crippen LogP contribution in [-0.4, -0.2) is 18.1 Å². The van der Waals surface area contributed by atoms with Gasteiger partial charge in [0.2, 0.25) is 0 Å². The van der Waals surface area contributed by atoms with Gasteiger partial charge in [-0.1, -0.05) is 106 Å². The minimum Gasteiger partial charge on any atom is -0.349 e. The summed E-state index contributed by atoms with van der Waals surface area (Å²) < 4.78 is 80.2. The van der Waals surface area contributed by atoms with Crippen molar-refractivity contribution in [3.63, 3.8) is 0 Å². The molecule has 2 aliphatic carbocycles. The molecule has 10 heteroatoms. The van der Waals surface area contributed by atoms with E-state index in [4.69, 9.17) is 0 Å². The fraction of sp³-hybridized carbons (Fsp3) is 0.424. The van der Waals surface area contributed by atoms with Gasteiger partial charge >= 0.3 is 12.4 Å². The number of hydrogen-bond donors (Lipinski definition) is 1. The van der Waals surface area contributed by atoms with Crippen LogP contribution < -0.4 is 15.9 Å². The van der Waals surface area contributed by atoms with Gasteiger partial charge in [-0.05, 0) is 61.7 Å². The number of halogens is 6. The Balaban J connectivity index is 0.000000765. The molecule has 0 aromatic heterocycles. The summed E-state index contributed by atoms with van der Waals surface area (Å²) in [7, 11) is -0.930. The second kappa shape index (κ2) is 16.1. The van der Waals surface area contributed by atoms with Crippen LogP contribution in [0.2, 0.25) is 0 Å². The summed E-state index contributed by atoms with van der Waals surface area (Å²) in [6.45, 7) is 0. The van der Waals surface area contributed by atoms with E-state index in [0.29, 0.717) is 18.3 Å². The van der Waals surface area contributed by atoms with Crippen molar-refractivity contribution in [1.82, 2.24) is 5.32 Å². The van der Waals surface area contributed by atoms with Crippen LogP contribution in [0.1, 0.15) is 79.3 Å². The van der Waals surface area contributed by atoms with E-state index < -0.39 is 48.9 Å². The van der Waals surface area contributed by atoms with Crippen molar-refractivity contribution in [2.45, 2.75) is 76.2 Å². The molecule has 1 N–H and O–H groups in total. The molecule has 3 aromatic carbocycles. The minimum atomic E-state index is -5.02. The molecule has 0 bridgehead atoms. The van der Waals surface area contributed by atoms with Crippen LogP contribution in [0, 0.1) is 5.92 Å². The smallest absolute Gasteiger partial charge is 0.349 e. The Morgan fingerprint density at radius 2 is 1.12 bits per heavy atom. The summed E-state index contributed by atoms with van der Waals surface area (Å²) in [6.07, 6.45) is 1.61. The normalized spacial score (nSPS) is 16.3. The van der Waals surface area contributed by atoms with Crippen molar-refractivity contribution < 1.29 is 48.2 Å². The predicted octanol–water partition coefficient (Wildman–Crippen LogP) is 9.09. The molecule has 0 saturated heterocycles. The van der Waals surface area contributed by atoms with E-state index in [9.17, 15) is 31.1 Å². The molecule has 5 rings (SSSR count). The monoisotopic (exact) mass is 663 g/mol. The molecule has 0 spiro atoms. The third-order valence-corrected chi connectivity index (χ3v) is 10.5. The number of amides is 1. The summed E-state index contributed by atoms with van der Waals surface area (Å²) in [4.78, 5) is 13.2. The predicted molar refractivity (Wildman–Crippen MR) is 157 cm³/mol. The molecule has 0 heterocycles. The third-order valence-electron chi connectivity index (χ3n) is 7.90. The average molecular weight is 663 g/mol. The molecule has 234 valence electrons. The molecular formula is C33H36F6FeNOP. The molecule has 1 atom stereocenters. The van der Waals surface area contributed by atoms with Crippen LogP contribution in [-0.2, 0) is 29.4 Å². The molecule has 1 unspecified atom stereocenters. The topological polar surface area (TPSA) is 29.1 Å². The first kappa shape index (κ1) is 35.1. The second-order valence-corrected chi connectivity index (χ2v) is 13.2. The first-order chi connectivity index (χ1) is 20.0. The van der Waals surface area contributed by atoms with Gasteiger partial charge in [-0.3, -0.25) is 4.79 Å². The molecule has 43 heavy (non-hydrogen) atoms. The average Bonchev–Trinajstić information content (AvgIpc) is 3.73. The largest absolute Gasteiger partial charge is 0.416 e. The van der Waals surface area contributed by atoms with Crippen LogP contribution in [0.3, 0.4) is 0 Å². The van der Waals surface area contributed by atoms with Crippen molar-refractivity contribution in [1.29, 1.82) is 0 Å². The number of rotatable bonds is 7. The van der Waals surface area contributed by atoms with Crippen molar-refractivity contribution in [2.24, 2.45) is 5.92 Å². The Morgan fingerprint density at radius 3 is 1.51 bits per heavy atom. The summed E-state index contributed by atoms with van der Waals surface area (Å²) >= 11 is 0. The number of alkyl halides is 6. The summed E-state index contributed by atoms with van der Waals surface area (Å²) in [6, 6.07) is 20.2. The van der Waals surface area contributed by atoms with E-state index in [0.717, 1.165) is 36.3 Å². The maximum Gasteiger partial charge on any atom is 0.416 e. The number of hydrogen-bond acceptors (Lipinski definition) is 1. The van der Waals surface area contributed by atoms with Crippen LogP contribution in [0.25, 0.3) is 0 Å². The third kappa shape index (κ3) is 10.4. The Kier molecular flexibility index (Phi) is 13.2. The van der Waals surface area contributed by atoms with Gasteiger partial charge < -0.3 is 5.32 Å². The van der Waals surface area contributed by atoms with Gasteiger partial charge in [-0.15, -0.1) is 0 Å². The quantitative estimate of drug-likeness (QED) is 0.153. The summed E-state index contributed by atoms with van der Waals surface area (Å²) in [5, 5.41) is 5.01. The van der Waals surface area contributed by atoms with Gasteiger partial charge in [0.25, 0.3) is 5.91 Å². The Labute approximate surface area is 261 Å². The van der Waals surface area contributed by atoms with Crippen LogP contribution in [0.15, 0.2) is 78.9 Å². The van der Waals surface area contributed by atoms with Crippen molar-refractivity contribution in [3.8, 4) is 0 Å². The number of carbonyl (C=O) groups excluding carboxylic acids is 1. The maximum absolute atomic E-state index is 13.4. The SMILES string of the molecule is C1CCCC1.O=C(NC(CP(c1ccccc1)c1ccccc1)C1CCCC1)c1cc(C(F)(F)F)cc(C(F)(F)F)c1.[Fe]. The first-order valence-electron chi connectivity index (χ1n) is 14.5. The van der Waals surface area contributed by atoms with Gasteiger partial charge in [-0.25, -0.2) is 0 Å². The fourth-order valence-corrected chi connectivity index (χ4v) is 8.23. The zero-order valence-electron chi connectivity index (χ0n) is 23.7. The van der Waals surface area contributed by atoms with Crippen molar-refractivity contribution in [3.05, 3.63) is 95.6 Å². The number of nitrogens with one attached hydrogen (secondary N) is 1. The Morgan fingerprint density at radius 1 is 0.698 bits per heavy atom. The van der Waals surface area contributed by atoms with E-state index in [1.54, 1.807) is 0 Å². The van der Waals surface area contributed by atoms with Crippen LogP contribution >= 0.6 is 7.92 Å². The number of benzene rings is 3. The van der Waals surface area contributed by atoms with Gasteiger partial charge in [-0.2, -0.15) is 26.3 Å². The zero-order valence-corrected chi connectivity index (χ0v) is 25.7. The van der Waals surface area contributed by atoms with Crippen LogP contribution in [0.5, 0.6) is 0 Å². The molecule has 0 radical (unpaired) electrons. The second-order valence-electron chi connectivity index (χ2n) is 11.0. The fourth-order valence-electron chi connectivity index (χ4n) is 5.67. The zero-order chi connectivity index (χ0) is 30.2. The van der Waals surface area contributed by atoms with E-state index in [2.05, 4.69) is 5.32 Å². The summed E-state index contributed by atoms with van der Waals surface area (Å²) in [5.41, 5.74) is -3.64. The summed E-state index contributed by atoms with van der Waals surface area (Å²) in [5.74, 6) is -0.834. The van der Waals surface area contributed by atoms with Gasteiger partial charge in [0.1, 0.15) is 0 Å². The first-order valence-corrected chi connectivity index (χ1v) is 16.0. The van der Waals surface area contributed by atoms with E-state index in [-0.39, 0.29) is 29.1 Å². The van der Waals surface area contributed by atoms with E-state index in [1.807, 2.05) is 60.7 Å². The molecule has 2 fully saturated rings. The van der Waals surface area contributed by atoms with Gasteiger partial charge in [0, 0.05) is 28.7 Å². The van der Waals surface area contributed by atoms with Crippen molar-refractivity contribution >= 4 is 24.4 Å². The standard InChI is InChI=1S/C28H26F6NOP.C5H10.Fe/c29-27(30,31)21-15-20(16-22(17-21)28(32,33)34)26(36)35-25(19-9-7-8-10-19)18-37(23-11-3-1-4-12-23)24-13-5-2-6-14-24;1-2-4-5-3-1;/h1-6,11-17,19,25H,7-10,18H2,(H,35,36);1-5H2;. The maximum atomic E-state index is 13.4. The van der Waals surface area contributed by atoms with Gasteiger partial charge in [0.15, 0.2) is 0 Å². The van der Waals surface area contributed by atoms with E-state index in [1.165, 1.54) is 32.1 Å². The molecule has 3 aromatic rings. The molecular weight excluding hydrogens is 627 g/mol. The Bertz CT molecular complexity index is 1200. The molecule has 1 amide bonds. The van der Waals surface area contributed by atoms with Gasteiger partial charge in [0.05, 0.1) is 11.1 Å². The van der Waals surface area contributed by atoms with Crippen molar-refractivity contribution in [2.75, 3.05) is 6.16 Å². The minimum absolute atomic E-state index is 0. The van der Waals surface area contributed by atoms with Crippen LogP contribution in [0.4, 0.5) is 26.3 Å².